The van der Waals surface area contributed by atoms with Crippen molar-refractivity contribution in [1.29, 1.82) is 0 Å². The number of rotatable bonds is 11. The smallest absolute Gasteiger partial charge is 0.185 e. The third-order valence-corrected chi connectivity index (χ3v) is 3.99. The van der Waals surface area contributed by atoms with Crippen molar-refractivity contribution in [2.75, 3.05) is 59.6 Å². The quantitative estimate of drug-likeness (QED) is 0.618. The summed E-state index contributed by atoms with van der Waals surface area (Å²) in [5.74, 6) is 0. The molecule has 0 unspecified atom stereocenters. The first-order valence-corrected chi connectivity index (χ1v) is 7.41. The predicted molar refractivity (Wildman–Crippen MR) is 81.6 cm³/mol. The topological polar surface area (TPSA) is 55.9 Å². The van der Waals surface area contributed by atoms with Crippen LogP contribution in [-0.4, -0.2) is 59.7 Å². The lowest BCUT2D eigenvalue weighted by atomic mass is 10.3. The molecule has 0 saturated heterocycles. The van der Waals surface area contributed by atoms with Crippen LogP contribution in [0.3, 0.4) is 0 Å². The molecular weight excluding hydrogens is 278 g/mol. The van der Waals surface area contributed by atoms with Gasteiger partial charge in [0.15, 0.2) is 5.13 Å². The van der Waals surface area contributed by atoms with Crippen molar-refractivity contribution >= 4 is 16.5 Å². The van der Waals surface area contributed by atoms with E-state index in [0.717, 1.165) is 30.5 Å². The van der Waals surface area contributed by atoms with Crippen molar-refractivity contribution in [3.05, 3.63) is 10.6 Å². The summed E-state index contributed by atoms with van der Waals surface area (Å²) >= 11 is 1.69. The van der Waals surface area contributed by atoms with Crippen molar-refractivity contribution in [2.45, 2.75) is 13.2 Å². The number of nitrogens with zero attached hydrogens (tertiary/aromatic N) is 2. The first-order valence-electron chi connectivity index (χ1n) is 6.60. The normalized spacial score (nSPS) is 11.0. The molecule has 0 spiro atoms. The number of aromatic nitrogens is 1. The Morgan fingerprint density at radius 2 is 1.90 bits per heavy atom. The van der Waals surface area contributed by atoms with E-state index in [1.807, 2.05) is 7.05 Å². The Morgan fingerprint density at radius 1 is 1.15 bits per heavy atom. The van der Waals surface area contributed by atoms with E-state index in [9.17, 15) is 0 Å². The van der Waals surface area contributed by atoms with Gasteiger partial charge in [0.25, 0.3) is 0 Å². The molecule has 0 atom stereocenters. The molecule has 1 N–H and O–H groups in total. The van der Waals surface area contributed by atoms with Crippen LogP contribution in [0.2, 0.25) is 0 Å². The Bertz CT molecular complexity index is 374. The second-order valence-corrected chi connectivity index (χ2v) is 5.45. The van der Waals surface area contributed by atoms with E-state index in [1.54, 1.807) is 32.7 Å². The molecule has 7 heteroatoms. The van der Waals surface area contributed by atoms with Crippen LogP contribution in [0.15, 0.2) is 0 Å². The second-order valence-electron chi connectivity index (χ2n) is 4.38. The van der Waals surface area contributed by atoms with E-state index >= 15 is 0 Å². The molecule has 1 aromatic heterocycles. The fourth-order valence-corrected chi connectivity index (χ4v) is 2.64. The first kappa shape index (κ1) is 17.3. The highest BCUT2D eigenvalue weighted by atomic mass is 32.1. The van der Waals surface area contributed by atoms with Crippen molar-refractivity contribution < 1.29 is 14.2 Å². The lowest BCUT2D eigenvalue weighted by molar-refractivity contribution is 0.181. The highest BCUT2D eigenvalue weighted by Gasteiger charge is 2.13. The third kappa shape index (κ3) is 5.72. The minimum Gasteiger partial charge on any atom is -0.383 e. The van der Waals surface area contributed by atoms with E-state index in [0.29, 0.717) is 19.8 Å². The average Bonchev–Trinajstić information content (AvgIpc) is 2.85. The monoisotopic (exact) mass is 303 g/mol. The molecule has 20 heavy (non-hydrogen) atoms. The standard InChI is InChI=1S/C13H25N3O3S/c1-16(6-8-18-3)13-15-11(10-19-4)12(20-13)9-14-5-7-17-2/h14H,5-10H2,1-4H3. The van der Waals surface area contributed by atoms with Crippen LogP contribution >= 0.6 is 11.3 Å². The molecule has 0 aromatic carbocycles. The van der Waals surface area contributed by atoms with Gasteiger partial charge in [0.2, 0.25) is 0 Å². The molecule has 116 valence electrons. The Morgan fingerprint density at radius 3 is 2.55 bits per heavy atom. The highest BCUT2D eigenvalue weighted by molar-refractivity contribution is 7.15. The fraction of sp³-hybridized carbons (Fsp3) is 0.769. The van der Waals surface area contributed by atoms with Gasteiger partial charge in [0.1, 0.15) is 0 Å². The van der Waals surface area contributed by atoms with E-state index in [1.165, 1.54) is 4.88 Å². The van der Waals surface area contributed by atoms with Gasteiger partial charge in [-0.05, 0) is 0 Å². The molecule has 0 fully saturated rings. The summed E-state index contributed by atoms with van der Waals surface area (Å²) in [7, 11) is 7.12. The van der Waals surface area contributed by atoms with Crippen LogP contribution in [-0.2, 0) is 27.4 Å². The molecule has 0 aliphatic heterocycles. The van der Waals surface area contributed by atoms with Crippen molar-refractivity contribution in [3.63, 3.8) is 0 Å². The number of methoxy groups -OCH3 is 3. The van der Waals surface area contributed by atoms with E-state index in [-0.39, 0.29) is 0 Å². The lowest BCUT2D eigenvalue weighted by Crippen LogP contribution is -2.21. The van der Waals surface area contributed by atoms with Crippen molar-refractivity contribution in [1.82, 2.24) is 10.3 Å². The summed E-state index contributed by atoms with van der Waals surface area (Å²) in [5, 5.41) is 4.34. The Kier molecular flexibility index (Phi) is 8.72. The number of likely N-dealkylation sites (N-methyl/N-ethyl adjacent to an activating group) is 1. The highest BCUT2D eigenvalue weighted by Crippen LogP contribution is 2.26. The predicted octanol–water partition coefficient (Wildman–Crippen LogP) is 1.11. The van der Waals surface area contributed by atoms with Crippen LogP contribution in [0, 0.1) is 0 Å². The molecule has 0 amide bonds. The summed E-state index contributed by atoms with van der Waals surface area (Å²) in [6, 6.07) is 0. The Hall–Kier alpha value is -0.730. The molecule has 1 heterocycles. The largest absolute Gasteiger partial charge is 0.383 e. The number of nitrogens with one attached hydrogen (secondary N) is 1. The van der Waals surface area contributed by atoms with E-state index < -0.39 is 0 Å². The van der Waals surface area contributed by atoms with Crippen LogP contribution in [0.5, 0.6) is 0 Å². The first-order chi connectivity index (χ1) is 9.72. The SMILES string of the molecule is COCCNCc1sc(N(C)CCOC)nc1COC. The van der Waals surface area contributed by atoms with E-state index in [4.69, 9.17) is 14.2 Å². The zero-order valence-electron chi connectivity index (χ0n) is 12.8. The Balaban J connectivity index is 2.63. The second kappa shape index (κ2) is 10.1. The van der Waals surface area contributed by atoms with Gasteiger partial charge < -0.3 is 24.4 Å². The summed E-state index contributed by atoms with van der Waals surface area (Å²) in [6.45, 7) is 4.38. The van der Waals surface area contributed by atoms with Gasteiger partial charge in [-0.2, -0.15) is 0 Å². The molecule has 1 rings (SSSR count). The van der Waals surface area contributed by atoms with Crippen molar-refractivity contribution in [3.8, 4) is 0 Å². The zero-order chi connectivity index (χ0) is 14.8. The van der Waals surface area contributed by atoms with Gasteiger partial charge in [-0.15, -0.1) is 11.3 Å². The summed E-state index contributed by atoms with van der Waals surface area (Å²) in [6.07, 6.45) is 0. The zero-order valence-corrected chi connectivity index (χ0v) is 13.6. The van der Waals surface area contributed by atoms with Gasteiger partial charge in [-0.3, -0.25) is 0 Å². The number of anilines is 1. The van der Waals surface area contributed by atoms with E-state index in [2.05, 4.69) is 15.2 Å². The van der Waals surface area contributed by atoms with Crippen LogP contribution in [0.25, 0.3) is 0 Å². The minimum atomic E-state index is 0.538. The minimum absolute atomic E-state index is 0.538. The Labute approximate surface area is 125 Å². The average molecular weight is 303 g/mol. The van der Waals surface area contributed by atoms with Crippen molar-refractivity contribution in [2.24, 2.45) is 0 Å². The molecular formula is C13H25N3O3S. The van der Waals surface area contributed by atoms with Gasteiger partial charge in [0, 0.05) is 52.9 Å². The maximum atomic E-state index is 5.22. The van der Waals surface area contributed by atoms with Crippen LogP contribution in [0.1, 0.15) is 10.6 Å². The molecule has 0 aliphatic carbocycles. The summed E-state index contributed by atoms with van der Waals surface area (Å²) in [5.41, 5.74) is 1.00. The molecule has 0 saturated carbocycles. The molecule has 0 bridgehead atoms. The van der Waals surface area contributed by atoms with Gasteiger partial charge in [-0.1, -0.05) is 0 Å². The van der Waals surface area contributed by atoms with Gasteiger partial charge in [-0.25, -0.2) is 4.98 Å². The molecule has 6 nitrogen and oxygen atoms in total. The number of thiazole rings is 1. The number of hydrogen-bond acceptors (Lipinski definition) is 7. The maximum Gasteiger partial charge on any atom is 0.185 e. The lowest BCUT2D eigenvalue weighted by Gasteiger charge is -2.14. The van der Waals surface area contributed by atoms with Crippen LogP contribution in [0.4, 0.5) is 5.13 Å². The molecule has 0 radical (unpaired) electrons. The van der Waals surface area contributed by atoms with Gasteiger partial charge >= 0.3 is 0 Å². The third-order valence-electron chi connectivity index (χ3n) is 2.77. The molecule has 0 aliphatic rings. The number of hydrogen-bond donors (Lipinski definition) is 1. The number of ether oxygens (including phenoxy) is 3. The summed E-state index contributed by atoms with van der Waals surface area (Å²) < 4.78 is 15.3. The molecule has 1 aromatic rings. The van der Waals surface area contributed by atoms with Crippen LogP contribution < -0.4 is 10.2 Å². The van der Waals surface area contributed by atoms with Gasteiger partial charge in [0.05, 0.1) is 25.5 Å². The maximum absolute atomic E-state index is 5.22. The summed E-state index contributed by atoms with van der Waals surface area (Å²) in [4.78, 5) is 7.96. The fourth-order valence-electron chi connectivity index (χ4n) is 1.62.